The van der Waals surface area contributed by atoms with Gasteiger partial charge in [0.25, 0.3) is 17.5 Å². The fourth-order valence-corrected chi connectivity index (χ4v) is 4.47. The molecule has 1 aromatic carbocycles. The first kappa shape index (κ1) is 19.0. The minimum absolute atomic E-state index is 0.0714. The van der Waals surface area contributed by atoms with Gasteiger partial charge in [0.15, 0.2) is 0 Å². The Morgan fingerprint density at radius 3 is 2.41 bits per heavy atom. The van der Waals surface area contributed by atoms with E-state index in [9.17, 15) is 19.7 Å². The number of nitrogens with zero attached hydrogens (tertiary/aromatic N) is 2. The molecule has 7 nitrogen and oxygen atoms in total. The van der Waals surface area contributed by atoms with Gasteiger partial charge in [0, 0.05) is 36.7 Å². The third kappa shape index (κ3) is 4.00. The molecule has 1 aliphatic carbocycles. The minimum atomic E-state index is -0.508. The van der Waals surface area contributed by atoms with E-state index in [2.05, 4.69) is 5.32 Å². The van der Waals surface area contributed by atoms with Crippen LogP contribution in [-0.4, -0.2) is 35.7 Å². The van der Waals surface area contributed by atoms with E-state index in [1.807, 2.05) is 0 Å². The third-order valence-electron chi connectivity index (χ3n) is 4.61. The lowest BCUT2D eigenvalue weighted by Crippen LogP contribution is -2.24. The van der Waals surface area contributed by atoms with Gasteiger partial charge in [-0.15, -0.1) is 11.3 Å². The number of aryl methyl sites for hydroxylation is 1. The standard InChI is InChI=1S/C19H21N3O4S/c1-21(2)19(24)16-14-6-4-3-5-7-15(14)27-18(16)20-17(23)12-8-10-13(11-9-12)22(25)26/h8-11H,3-7H2,1-2H3,(H,20,23). The first-order valence-corrected chi connectivity index (χ1v) is 9.62. The van der Waals surface area contributed by atoms with Crippen molar-refractivity contribution >= 4 is 33.8 Å². The van der Waals surface area contributed by atoms with Crippen LogP contribution in [0.2, 0.25) is 0 Å². The van der Waals surface area contributed by atoms with E-state index in [1.54, 1.807) is 14.1 Å². The highest BCUT2D eigenvalue weighted by molar-refractivity contribution is 7.17. The number of fused-ring (bicyclic) bond motifs is 1. The predicted molar refractivity (Wildman–Crippen MR) is 105 cm³/mol. The number of nitro benzene ring substituents is 1. The van der Waals surface area contributed by atoms with E-state index in [1.165, 1.54) is 40.5 Å². The molecule has 1 heterocycles. The van der Waals surface area contributed by atoms with Gasteiger partial charge in [0.2, 0.25) is 0 Å². The Bertz CT molecular complexity index is 887. The molecule has 142 valence electrons. The maximum Gasteiger partial charge on any atom is 0.269 e. The Labute approximate surface area is 161 Å². The molecule has 0 fully saturated rings. The molecule has 8 heteroatoms. The van der Waals surface area contributed by atoms with Gasteiger partial charge >= 0.3 is 0 Å². The highest BCUT2D eigenvalue weighted by Gasteiger charge is 2.26. The third-order valence-corrected chi connectivity index (χ3v) is 5.82. The van der Waals surface area contributed by atoms with Crippen molar-refractivity contribution in [1.29, 1.82) is 0 Å². The van der Waals surface area contributed by atoms with Crippen molar-refractivity contribution in [2.24, 2.45) is 0 Å². The summed E-state index contributed by atoms with van der Waals surface area (Å²) < 4.78 is 0. The summed E-state index contributed by atoms with van der Waals surface area (Å²) in [5, 5.41) is 14.2. The van der Waals surface area contributed by atoms with Crippen molar-refractivity contribution in [2.75, 3.05) is 19.4 Å². The van der Waals surface area contributed by atoms with Crippen molar-refractivity contribution in [1.82, 2.24) is 4.90 Å². The summed E-state index contributed by atoms with van der Waals surface area (Å²) in [5.41, 5.74) is 1.87. The summed E-state index contributed by atoms with van der Waals surface area (Å²) in [6.07, 6.45) is 5.02. The predicted octanol–water partition coefficient (Wildman–Crippen LogP) is 3.88. The number of carbonyl (C=O) groups excluding carboxylic acids is 2. The average molecular weight is 387 g/mol. The number of amides is 2. The summed E-state index contributed by atoms with van der Waals surface area (Å²) in [6.45, 7) is 0. The van der Waals surface area contributed by atoms with Crippen molar-refractivity contribution in [3.05, 3.63) is 55.9 Å². The van der Waals surface area contributed by atoms with E-state index in [-0.39, 0.29) is 17.5 Å². The van der Waals surface area contributed by atoms with Crippen molar-refractivity contribution in [2.45, 2.75) is 32.1 Å². The monoisotopic (exact) mass is 387 g/mol. The van der Waals surface area contributed by atoms with Crippen LogP contribution in [0, 0.1) is 10.1 Å². The van der Waals surface area contributed by atoms with E-state index in [4.69, 9.17) is 0 Å². The number of nitro groups is 1. The van der Waals surface area contributed by atoms with Gasteiger partial charge in [-0.1, -0.05) is 6.42 Å². The first-order chi connectivity index (χ1) is 12.9. The fraction of sp³-hybridized carbons (Fsp3) is 0.368. The summed E-state index contributed by atoms with van der Waals surface area (Å²) in [6, 6.07) is 5.42. The van der Waals surface area contributed by atoms with Crippen LogP contribution in [0.1, 0.15) is 50.4 Å². The second kappa shape index (κ2) is 7.87. The quantitative estimate of drug-likeness (QED) is 0.489. The van der Waals surface area contributed by atoms with Gasteiger partial charge in [-0.2, -0.15) is 0 Å². The lowest BCUT2D eigenvalue weighted by Gasteiger charge is -2.14. The highest BCUT2D eigenvalue weighted by atomic mass is 32.1. The summed E-state index contributed by atoms with van der Waals surface area (Å²) in [5.74, 6) is -0.498. The Morgan fingerprint density at radius 2 is 1.78 bits per heavy atom. The first-order valence-electron chi connectivity index (χ1n) is 8.80. The zero-order valence-corrected chi connectivity index (χ0v) is 16.1. The zero-order chi connectivity index (χ0) is 19.6. The summed E-state index contributed by atoms with van der Waals surface area (Å²) in [4.78, 5) is 38.3. The van der Waals surface area contributed by atoms with Gasteiger partial charge in [-0.25, -0.2) is 0 Å². The van der Waals surface area contributed by atoms with Gasteiger partial charge in [-0.3, -0.25) is 19.7 Å². The summed E-state index contributed by atoms with van der Waals surface area (Å²) >= 11 is 1.46. The lowest BCUT2D eigenvalue weighted by molar-refractivity contribution is -0.384. The second-order valence-corrected chi connectivity index (χ2v) is 7.83. The number of carbonyl (C=O) groups is 2. The Balaban J connectivity index is 1.92. The molecule has 0 spiro atoms. The summed E-state index contributed by atoms with van der Waals surface area (Å²) in [7, 11) is 3.40. The van der Waals surface area contributed by atoms with Crippen LogP contribution >= 0.6 is 11.3 Å². The number of hydrogen-bond acceptors (Lipinski definition) is 5. The van der Waals surface area contributed by atoms with Crippen molar-refractivity contribution in [3.63, 3.8) is 0 Å². The molecular weight excluding hydrogens is 366 g/mol. The molecule has 0 aliphatic heterocycles. The lowest BCUT2D eigenvalue weighted by atomic mass is 10.0. The van der Waals surface area contributed by atoms with Crippen LogP contribution in [0.5, 0.6) is 0 Å². The molecule has 27 heavy (non-hydrogen) atoms. The molecule has 2 amide bonds. The molecule has 0 atom stereocenters. The van der Waals surface area contributed by atoms with Crippen LogP contribution in [0.25, 0.3) is 0 Å². The number of anilines is 1. The van der Waals surface area contributed by atoms with Crippen LogP contribution in [0.3, 0.4) is 0 Å². The molecule has 1 aliphatic rings. The van der Waals surface area contributed by atoms with Gasteiger partial charge in [0.1, 0.15) is 5.00 Å². The minimum Gasteiger partial charge on any atom is -0.345 e. The Kier molecular flexibility index (Phi) is 5.55. The highest BCUT2D eigenvalue weighted by Crippen LogP contribution is 2.38. The van der Waals surface area contributed by atoms with Crippen LogP contribution < -0.4 is 5.32 Å². The van der Waals surface area contributed by atoms with Crippen LogP contribution in [0.15, 0.2) is 24.3 Å². The van der Waals surface area contributed by atoms with Gasteiger partial charge in [-0.05, 0) is 43.4 Å². The van der Waals surface area contributed by atoms with Gasteiger partial charge < -0.3 is 10.2 Å². The maximum atomic E-state index is 12.8. The Morgan fingerprint density at radius 1 is 1.11 bits per heavy atom. The van der Waals surface area contributed by atoms with E-state index in [0.717, 1.165) is 42.5 Å². The number of rotatable bonds is 4. The molecule has 3 rings (SSSR count). The molecule has 1 aromatic heterocycles. The van der Waals surface area contributed by atoms with E-state index < -0.39 is 4.92 Å². The number of benzene rings is 1. The maximum absolute atomic E-state index is 12.8. The number of nitrogens with one attached hydrogen (secondary N) is 1. The smallest absolute Gasteiger partial charge is 0.269 e. The van der Waals surface area contributed by atoms with E-state index >= 15 is 0 Å². The van der Waals surface area contributed by atoms with Crippen molar-refractivity contribution in [3.8, 4) is 0 Å². The molecular formula is C19H21N3O4S. The van der Waals surface area contributed by atoms with Gasteiger partial charge in [0.05, 0.1) is 10.5 Å². The SMILES string of the molecule is CN(C)C(=O)c1c(NC(=O)c2ccc([N+](=O)[O-])cc2)sc2c1CCCCC2. The number of hydrogen-bond donors (Lipinski definition) is 1. The molecule has 0 bridgehead atoms. The molecule has 1 N–H and O–H groups in total. The largest absolute Gasteiger partial charge is 0.345 e. The molecule has 0 saturated heterocycles. The zero-order valence-electron chi connectivity index (χ0n) is 15.3. The van der Waals surface area contributed by atoms with Crippen LogP contribution in [-0.2, 0) is 12.8 Å². The molecule has 0 saturated carbocycles. The molecule has 0 unspecified atom stereocenters. The molecule has 0 radical (unpaired) electrons. The Hall–Kier alpha value is -2.74. The normalized spacial score (nSPS) is 13.4. The number of thiophene rings is 1. The average Bonchev–Trinajstić information content (AvgIpc) is 2.81. The van der Waals surface area contributed by atoms with Crippen molar-refractivity contribution < 1.29 is 14.5 Å². The number of non-ortho nitro benzene ring substituents is 1. The second-order valence-electron chi connectivity index (χ2n) is 6.73. The van der Waals surface area contributed by atoms with Crippen LogP contribution in [0.4, 0.5) is 10.7 Å². The topological polar surface area (TPSA) is 92.6 Å². The fourth-order valence-electron chi connectivity index (χ4n) is 3.19. The van der Waals surface area contributed by atoms with E-state index in [0.29, 0.717) is 16.1 Å². The molecule has 2 aromatic rings.